The molecule has 2 aromatic carbocycles. The highest BCUT2D eigenvalue weighted by atomic mass is 35.5. The molecular weight excluding hydrogens is 384 g/mol. The van der Waals surface area contributed by atoms with Crippen LogP contribution in [0.3, 0.4) is 0 Å². The molecule has 1 saturated carbocycles. The van der Waals surface area contributed by atoms with Crippen molar-refractivity contribution in [3.8, 4) is 0 Å². The van der Waals surface area contributed by atoms with Gasteiger partial charge in [0.1, 0.15) is 5.82 Å². The molecule has 0 spiro atoms. The van der Waals surface area contributed by atoms with Crippen molar-refractivity contribution in [1.29, 1.82) is 0 Å². The molecule has 2 aromatic rings. The van der Waals surface area contributed by atoms with Crippen molar-refractivity contribution in [1.82, 2.24) is 4.90 Å². The number of halogens is 3. The third kappa shape index (κ3) is 4.83. The van der Waals surface area contributed by atoms with Crippen LogP contribution in [0.1, 0.15) is 30.4 Å². The topological polar surface area (TPSA) is 23.5 Å². The highest BCUT2D eigenvalue weighted by Gasteiger charge is 2.43. The Bertz CT molecular complexity index is 780. The normalized spacial score (nSPS) is 25.7. The largest absolute Gasteiger partial charge is 0.385 e. The van der Waals surface area contributed by atoms with Gasteiger partial charge in [0.25, 0.3) is 0 Å². The van der Waals surface area contributed by atoms with Gasteiger partial charge >= 0.3 is 0 Å². The lowest BCUT2D eigenvalue weighted by molar-refractivity contribution is -0.0752. The number of benzene rings is 2. The summed E-state index contributed by atoms with van der Waals surface area (Å²) in [7, 11) is 4.03. The molecule has 0 amide bonds. The summed E-state index contributed by atoms with van der Waals surface area (Å²) in [5, 5.41) is 12.4. The summed E-state index contributed by atoms with van der Waals surface area (Å²) in [5.74, 6) is 0.0944. The van der Waals surface area contributed by atoms with Gasteiger partial charge in [0.2, 0.25) is 0 Å². The lowest BCUT2D eigenvalue weighted by Gasteiger charge is -2.44. The Kier molecular flexibility index (Phi) is 6.47. The van der Waals surface area contributed by atoms with E-state index >= 15 is 0 Å². The van der Waals surface area contributed by atoms with Crippen molar-refractivity contribution >= 4 is 23.2 Å². The van der Waals surface area contributed by atoms with Crippen LogP contribution in [0.2, 0.25) is 10.0 Å². The maximum Gasteiger partial charge on any atom is 0.141 e. The van der Waals surface area contributed by atoms with Crippen molar-refractivity contribution in [2.24, 2.45) is 11.8 Å². The predicted octanol–water partition coefficient (Wildman–Crippen LogP) is 5.54. The van der Waals surface area contributed by atoms with Crippen LogP contribution in [-0.4, -0.2) is 30.6 Å². The number of hydrogen-bond donors (Lipinski definition) is 1. The van der Waals surface area contributed by atoms with Gasteiger partial charge in [0, 0.05) is 17.5 Å². The Balaban J connectivity index is 1.81. The molecular formula is C22H26Cl2FNO. The van der Waals surface area contributed by atoms with Gasteiger partial charge in [-0.1, -0.05) is 41.4 Å². The highest BCUT2D eigenvalue weighted by molar-refractivity contribution is 6.31. The predicted molar refractivity (Wildman–Crippen MR) is 110 cm³/mol. The van der Waals surface area contributed by atoms with Crippen LogP contribution >= 0.6 is 23.2 Å². The van der Waals surface area contributed by atoms with E-state index in [-0.39, 0.29) is 10.9 Å². The minimum absolute atomic E-state index is 0.0556. The van der Waals surface area contributed by atoms with Crippen LogP contribution < -0.4 is 0 Å². The van der Waals surface area contributed by atoms with Crippen LogP contribution in [0.15, 0.2) is 42.5 Å². The van der Waals surface area contributed by atoms with Crippen LogP contribution in [0, 0.1) is 17.7 Å². The molecule has 0 bridgehead atoms. The van der Waals surface area contributed by atoms with E-state index in [4.69, 9.17) is 23.2 Å². The number of nitrogens with zero attached hydrogens (tertiary/aromatic N) is 1. The molecule has 3 atom stereocenters. The lowest BCUT2D eigenvalue weighted by atomic mass is 9.66. The van der Waals surface area contributed by atoms with Crippen molar-refractivity contribution in [3.63, 3.8) is 0 Å². The third-order valence-electron chi connectivity index (χ3n) is 5.67. The fourth-order valence-corrected chi connectivity index (χ4v) is 4.60. The zero-order chi connectivity index (χ0) is 19.6. The quantitative estimate of drug-likeness (QED) is 0.700. The molecule has 5 heteroatoms. The van der Waals surface area contributed by atoms with E-state index in [2.05, 4.69) is 17.0 Å². The van der Waals surface area contributed by atoms with Crippen molar-refractivity contribution in [2.75, 3.05) is 20.6 Å². The van der Waals surface area contributed by atoms with Gasteiger partial charge in [-0.2, -0.15) is 0 Å². The molecule has 3 unspecified atom stereocenters. The molecule has 1 aliphatic rings. The molecule has 0 heterocycles. The molecule has 1 N–H and O–H groups in total. The maximum atomic E-state index is 13.6. The summed E-state index contributed by atoms with van der Waals surface area (Å²) >= 11 is 12.0. The Labute approximate surface area is 170 Å². The zero-order valence-electron chi connectivity index (χ0n) is 15.8. The fourth-order valence-electron chi connectivity index (χ4n) is 4.29. The second-order valence-corrected chi connectivity index (χ2v) is 8.83. The monoisotopic (exact) mass is 409 g/mol. The molecule has 146 valence electrons. The summed E-state index contributed by atoms with van der Waals surface area (Å²) in [4.78, 5) is 2.10. The Morgan fingerprint density at radius 2 is 1.85 bits per heavy atom. The second kappa shape index (κ2) is 8.48. The van der Waals surface area contributed by atoms with Crippen molar-refractivity contribution < 1.29 is 9.50 Å². The standard InChI is InChI=1S/C22H26Cl2FNO/c1-26(2)14-18-12-16(11-15-3-6-19(23)7-4-15)9-10-22(18,27)17-5-8-21(25)20(24)13-17/h3-8,13,16,18,27H,9-12,14H2,1-2H3. The summed E-state index contributed by atoms with van der Waals surface area (Å²) in [5.41, 5.74) is 0.993. The Hall–Kier alpha value is -1.13. The molecule has 27 heavy (non-hydrogen) atoms. The minimum atomic E-state index is -0.988. The van der Waals surface area contributed by atoms with E-state index in [0.29, 0.717) is 17.9 Å². The molecule has 0 saturated heterocycles. The zero-order valence-corrected chi connectivity index (χ0v) is 17.3. The van der Waals surface area contributed by atoms with E-state index in [1.807, 2.05) is 26.2 Å². The van der Waals surface area contributed by atoms with E-state index in [1.165, 1.54) is 11.6 Å². The first-order chi connectivity index (χ1) is 12.8. The summed E-state index contributed by atoms with van der Waals surface area (Å²) in [6.07, 6.45) is 3.44. The molecule has 2 nitrogen and oxygen atoms in total. The third-order valence-corrected chi connectivity index (χ3v) is 6.21. The first-order valence-electron chi connectivity index (χ1n) is 9.35. The highest BCUT2D eigenvalue weighted by Crippen LogP contribution is 2.45. The first-order valence-corrected chi connectivity index (χ1v) is 10.1. The fraction of sp³-hybridized carbons (Fsp3) is 0.455. The molecule has 1 aliphatic carbocycles. The average Bonchev–Trinajstić information content (AvgIpc) is 2.62. The van der Waals surface area contributed by atoms with Crippen molar-refractivity contribution in [3.05, 3.63) is 69.5 Å². The van der Waals surface area contributed by atoms with Gasteiger partial charge in [-0.15, -0.1) is 0 Å². The van der Waals surface area contributed by atoms with E-state index in [9.17, 15) is 9.50 Å². The van der Waals surface area contributed by atoms with Crippen LogP contribution in [0.4, 0.5) is 4.39 Å². The maximum absolute atomic E-state index is 13.6. The van der Waals surface area contributed by atoms with Gasteiger partial charge in [0.05, 0.1) is 10.6 Å². The summed E-state index contributed by atoms with van der Waals surface area (Å²) < 4.78 is 13.6. The van der Waals surface area contributed by atoms with E-state index in [1.54, 1.807) is 12.1 Å². The molecule has 3 rings (SSSR count). The molecule has 1 fully saturated rings. The van der Waals surface area contributed by atoms with Gasteiger partial charge in [-0.3, -0.25) is 0 Å². The SMILES string of the molecule is CN(C)CC1CC(Cc2ccc(Cl)cc2)CCC1(O)c1ccc(F)c(Cl)c1. The first kappa shape index (κ1) is 20.6. The smallest absolute Gasteiger partial charge is 0.141 e. The summed E-state index contributed by atoms with van der Waals surface area (Å²) in [6.45, 7) is 0.766. The van der Waals surface area contributed by atoms with Crippen LogP contribution in [0.5, 0.6) is 0 Å². The van der Waals surface area contributed by atoms with Crippen molar-refractivity contribution in [2.45, 2.75) is 31.3 Å². The number of rotatable bonds is 5. The molecule has 0 aliphatic heterocycles. The molecule has 0 aromatic heterocycles. The summed E-state index contributed by atoms with van der Waals surface area (Å²) in [6, 6.07) is 12.6. The number of hydrogen-bond acceptors (Lipinski definition) is 2. The lowest BCUT2D eigenvalue weighted by Crippen LogP contribution is -2.45. The van der Waals surface area contributed by atoms with E-state index < -0.39 is 11.4 Å². The molecule has 0 radical (unpaired) electrons. The van der Waals surface area contributed by atoms with Crippen LogP contribution in [0.25, 0.3) is 0 Å². The average molecular weight is 410 g/mol. The Morgan fingerprint density at radius 1 is 1.15 bits per heavy atom. The number of aliphatic hydroxyl groups is 1. The minimum Gasteiger partial charge on any atom is -0.385 e. The van der Waals surface area contributed by atoms with E-state index in [0.717, 1.165) is 30.8 Å². The van der Waals surface area contributed by atoms with Gasteiger partial charge < -0.3 is 10.0 Å². The Morgan fingerprint density at radius 3 is 2.48 bits per heavy atom. The van der Waals surface area contributed by atoms with Crippen LogP contribution in [-0.2, 0) is 12.0 Å². The van der Waals surface area contributed by atoms with Gasteiger partial charge in [-0.05, 0) is 81.1 Å². The second-order valence-electron chi connectivity index (χ2n) is 7.98. The van der Waals surface area contributed by atoms with Gasteiger partial charge in [-0.25, -0.2) is 4.39 Å². The van der Waals surface area contributed by atoms with Gasteiger partial charge in [0.15, 0.2) is 0 Å².